The number of hydrogen-bond donors (Lipinski definition) is 1. The lowest BCUT2D eigenvalue weighted by Crippen LogP contribution is -2.52. The van der Waals surface area contributed by atoms with Crippen LogP contribution in [-0.4, -0.2) is 48.7 Å². The van der Waals surface area contributed by atoms with Crippen LogP contribution in [-0.2, 0) is 4.79 Å². The van der Waals surface area contributed by atoms with Crippen LogP contribution in [0, 0.1) is 0 Å². The molecule has 0 aromatic heterocycles. The Kier molecular flexibility index (Phi) is 4.09. The van der Waals surface area contributed by atoms with Crippen molar-refractivity contribution in [3.63, 3.8) is 0 Å². The van der Waals surface area contributed by atoms with E-state index in [1.54, 1.807) is 0 Å². The number of carboxylic acid groups (broad SMARTS) is 1. The summed E-state index contributed by atoms with van der Waals surface area (Å²) < 4.78 is 0. The molecular weight excluding hydrogens is 252 g/mol. The van der Waals surface area contributed by atoms with E-state index >= 15 is 0 Å². The van der Waals surface area contributed by atoms with E-state index < -0.39 is 5.97 Å². The van der Waals surface area contributed by atoms with E-state index in [1.165, 1.54) is 0 Å². The first-order valence-electron chi connectivity index (χ1n) is 5.99. The summed E-state index contributed by atoms with van der Waals surface area (Å²) in [5.74, 6) is -0.750. The lowest BCUT2D eigenvalue weighted by molar-refractivity contribution is -0.138. The number of piperazine rings is 1. The van der Waals surface area contributed by atoms with Crippen molar-refractivity contribution < 1.29 is 9.90 Å². The number of carbonyl (C=O) groups is 1. The monoisotopic (exact) mass is 268 g/mol. The van der Waals surface area contributed by atoms with E-state index in [-0.39, 0.29) is 12.5 Å². The molecule has 1 fully saturated rings. The average Bonchev–Trinajstić information content (AvgIpc) is 2.31. The van der Waals surface area contributed by atoms with E-state index in [0.29, 0.717) is 5.02 Å². The van der Waals surface area contributed by atoms with Crippen LogP contribution < -0.4 is 4.90 Å². The largest absolute Gasteiger partial charge is 0.481 e. The minimum absolute atomic E-state index is 0.0511. The molecule has 0 aliphatic carbocycles. The lowest BCUT2D eigenvalue weighted by Gasteiger charge is -2.40. The Hall–Kier alpha value is -1.26. The third kappa shape index (κ3) is 3.15. The van der Waals surface area contributed by atoms with Crippen LogP contribution in [0.4, 0.5) is 5.69 Å². The van der Waals surface area contributed by atoms with Gasteiger partial charge in [-0.1, -0.05) is 17.7 Å². The quantitative estimate of drug-likeness (QED) is 0.910. The molecule has 0 radical (unpaired) electrons. The Labute approximate surface area is 112 Å². The highest BCUT2D eigenvalue weighted by Gasteiger charge is 2.26. The zero-order valence-corrected chi connectivity index (χ0v) is 11.1. The summed E-state index contributed by atoms with van der Waals surface area (Å²) in [7, 11) is 1.98. The number of rotatable bonds is 3. The third-order valence-electron chi connectivity index (χ3n) is 3.36. The minimum Gasteiger partial charge on any atom is -0.481 e. The van der Waals surface area contributed by atoms with Crippen LogP contribution in [0.5, 0.6) is 0 Å². The van der Waals surface area contributed by atoms with Gasteiger partial charge in [-0.2, -0.15) is 0 Å². The maximum atomic E-state index is 10.8. The van der Waals surface area contributed by atoms with Crippen molar-refractivity contribution in [2.24, 2.45) is 0 Å². The molecule has 0 spiro atoms. The van der Waals surface area contributed by atoms with Crippen molar-refractivity contribution in [2.75, 3.05) is 31.6 Å². The van der Waals surface area contributed by atoms with Crippen LogP contribution in [0.25, 0.3) is 0 Å². The van der Waals surface area contributed by atoms with Gasteiger partial charge in [0.05, 0.1) is 6.42 Å². The Balaban J connectivity index is 2.09. The molecule has 4 nitrogen and oxygen atoms in total. The van der Waals surface area contributed by atoms with Gasteiger partial charge >= 0.3 is 5.97 Å². The molecule has 98 valence electrons. The summed E-state index contributed by atoms with van der Waals surface area (Å²) in [5, 5.41) is 9.63. The minimum atomic E-state index is -0.750. The topological polar surface area (TPSA) is 43.8 Å². The van der Waals surface area contributed by atoms with E-state index in [9.17, 15) is 4.79 Å². The molecular formula is C13H17ClN2O2. The van der Waals surface area contributed by atoms with Gasteiger partial charge in [-0.15, -0.1) is 0 Å². The average molecular weight is 269 g/mol. The first kappa shape index (κ1) is 13.2. The highest BCUT2D eigenvalue weighted by atomic mass is 35.5. The molecule has 0 amide bonds. The van der Waals surface area contributed by atoms with Gasteiger partial charge in [-0.05, 0) is 25.2 Å². The first-order chi connectivity index (χ1) is 8.56. The molecule has 0 saturated carbocycles. The van der Waals surface area contributed by atoms with Crippen molar-refractivity contribution in [1.82, 2.24) is 4.90 Å². The lowest BCUT2D eigenvalue weighted by atomic mass is 10.1. The van der Waals surface area contributed by atoms with Gasteiger partial charge in [-0.3, -0.25) is 9.69 Å². The Morgan fingerprint density at radius 2 is 2.28 bits per heavy atom. The van der Waals surface area contributed by atoms with Crippen LogP contribution in [0.2, 0.25) is 5.02 Å². The van der Waals surface area contributed by atoms with Crippen molar-refractivity contribution in [3.05, 3.63) is 29.3 Å². The molecule has 1 atom stereocenters. The second kappa shape index (κ2) is 5.59. The van der Waals surface area contributed by atoms with Crippen molar-refractivity contribution >= 4 is 23.3 Å². The Morgan fingerprint density at radius 3 is 2.94 bits per heavy atom. The number of nitrogens with zero attached hydrogens (tertiary/aromatic N) is 2. The number of anilines is 1. The predicted molar refractivity (Wildman–Crippen MR) is 72.3 cm³/mol. The molecule has 1 unspecified atom stereocenters. The summed E-state index contributed by atoms with van der Waals surface area (Å²) in [6, 6.07) is 7.74. The highest BCUT2D eigenvalue weighted by molar-refractivity contribution is 6.30. The smallest absolute Gasteiger partial charge is 0.305 e. The number of halogens is 1. The Morgan fingerprint density at radius 1 is 1.50 bits per heavy atom. The summed E-state index contributed by atoms with van der Waals surface area (Å²) in [6.45, 7) is 2.49. The molecule has 1 aromatic rings. The Bertz CT molecular complexity index is 439. The highest BCUT2D eigenvalue weighted by Crippen LogP contribution is 2.22. The molecule has 1 heterocycles. The standard InChI is InChI=1S/C13H17ClN2O2/c1-15-5-6-16(9-12(15)8-13(17)18)11-4-2-3-10(14)7-11/h2-4,7,12H,5-6,8-9H2,1H3,(H,17,18). The molecule has 1 aromatic carbocycles. The number of benzene rings is 1. The van der Waals surface area contributed by atoms with Gasteiger partial charge in [0.25, 0.3) is 0 Å². The number of carboxylic acids is 1. The van der Waals surface area contributed by atoms with Gasteiger partial charge in [0.15, 0.2) is 0 Å². The van der Waals surface area contributed by atoms with Crippen molar-refractivity contribution in [3.8, 4) is 0 Å². The van der Waals surface area contributed by atoms with E-state index in [1.807, 2.05) is 31.3 Å². The molecule has 1 saturated heterocycles. The van der Waals surface area contributed by atoms with Gasteiger partial charge in [0.2, 0.25) is 0 Å². The van der Waals surface area contributed by atoms with Crippen LogP contribution >= 0.6 is 11.6 Å². The van der Waals surface area contributed by atoms with E-state index in [2.05, 4.69) is 9.80 Å². The second-order valence-electron chi connectivity index (χ2n) is 4.66. The molecule has 1 aliphatic rings. The normalized spacial score (nSPS) is 21.0. The van der Waals surface area contributed by atoms with Gasteiger partial charge in [0, 0.05) is 36.4 Å². The van der Waals surface area contributed by atoms with Crippen molar-refractivity contribution in [1.29, 1.82) is 0 Å². The first-order valence-corrected chi connectivity index (χ1v) is 6.36. The number of aliphatic carboxylic acids is 1. The molecule has 2 rings (SSSR count). The fourth-order valence-corrected chi connectivity index (χ4v) is 2.46. The zero-order chi connectivity index (χ0) is 13.1. The predicted octanol–water partition coefficient (Wildman–Crippen LogP) is 1.94. The molecule has 1 aliphatic heterocycles. The van der Waals surface area contributed by atoms with Gasteiger partial charge in [0.1, 0.15) is 0 Å². The van der Waals surface area contributed by atoms with E-state index in [0.717, 1.165) is 25.3 Å². The summed E-state index contributed by atoms with van der Waals surface area (Å²) >= 11 is 5.98. The van der Waals surface area contributed by atoms with Crippen molar-refractivity contribution in [2.45, 2.75) is 12.5 Å². The number of hydrogen-bond acceptors (Lipinski definition) is 3. The molecule has 5 heteroatoms. The van der Waals surface area contributed by atoms with E-state index in [4.69, 9.17) is 16.7 Å². The van der Waals surface area contributed by atoms with Crippen LogP contribution in [0.3, 0.4) is 0 Å². The van der Waals surface area contributed by atoms with Gasteiger partial charge in [-0.25, -0.2) is 0 Å². The molecule has 1 N–H and O–H groups in total. The fraction of sp³-hybridized carbons (Fsp3) is 0.462. The maximum absolute atomic E-state index is 10.8. The van der Waals surface area contributed by atoms with Crippen LogP contribution in [0.1, 0.15) is 6.42 Å². The molecule has 18 heavy (non-hydrogen) atoms. The maximum Gasteiger partial charge on any atom is 0.305 e. The molecule has 0 bridgehead atoms. The third-order valence-corrected chi connectivity index (χ3v) is 3.60. The second-order valence-corrected chi connectivity index (χ2v) is 5.09. The number of likely N-dealkylation sites (N-methyl/N-ethyl adjacent to an activating group) is 1. The zero-order valence-electron chi connectivity index (χ0n) is 10.3. The van der Waals surface area contributed by atoms with Crippen LogP contribution in [0.15, 0.2) is 24.3 Å². The summed E-state index contributed by atoms with van der Waals surface area (Å²) in [5.41, 5.74) is 1.06. The summed E-state index contributed by atoms with van der Waals surface area (Å²) in [4.78, 5) is 15.1. The SMILES string of the molecule is CN1CCN(c2cccc(Cl)c2)CC1CC(=O)O. The fourth-order valence-electron chi connectivity index (χ4n) is 2.28. The van der Waals surface area contributed by atoms with Gasteiger partial charge < -0.3 is 10.0 Å². The summed E-state index contributed by atoms with van der Waals surface area (Å²) in [6.07, 6.45) is 0.174.